The normalized spacial score (nSPS) is 9.93. The van der Waals surface area contributed by atoms with Crippen molar-refractivity contribution < 1.29 is 9.59 Å². The summed E-state index contributed by atoms with van der Waals surface area (Å²) < 4.78 is 0. The summed E-state index contributed by atoms with van der Waals surface area (Å²) in [5.74, 6) is -0.453. The van der Waals surface area contributed by atoms with Gasteiger partial charge in [-0.1, -0.05) is 0 Å². The molecule has 82 valence electrons. The van der Waals surface area contributed by atoms with Crippen LogP contribution < -0.4 is 5.32 Å². The highest BCUT2D eigenvalue weighted by molar-refractivity contribution is 7.07. The van der Waals surface area contributed by atoms with Crippen molar-refractivity contribution in [2.75, 3.05) is 0 Å². The largest absolute Gasteiger partial charge is 0.297 e. The van der Waals surface area contributed by atoms with Crippen LogP contribution in [0.2, 0.25) is 0 Å². The van der Waals surface area contributed by atoms with Crippen molar-refractivity contribution >= 4 is 23.2 Å². The van der Waals surface area contributed by atoms with Gasteiger partial charge in [0.05, 0.1) is 0 Å². The molecule has 1 N–H and O–H groups in total. The van der Waals surface area contributed by atoms with E-state index in [-0.39, 0.29) is 11.8 Å². The number of amides is 2. The first-order valence-electron chi connectivity index (χ1n) is 5.00. The number of rotatable bonds is 5. The van der Waals surface area contributed by atoms with Crippen LogP contribution in [-0.2, 0) is 16.0 Å². The number of nitrogens with one attached hydrogen (secondary N) is 1. The summed E-state index contributed by atoms with van der Waals surface area (Å²) in [6, 6.07) is 2.10. The SMILES string of the molecule is CC(=O)NC(=O)CCCCc1ccsc1. The predicted molar refractivity (Wildman–Crippen MR) is 60.7 cm³/mol. The summed E-state index contributed by atoms with van der Waals surface area (Å²) >= 11 is 1.69. The second-order valence-electron chi connectivity index (χ2n) is 3.44. The maximum absolute atomic E-state index is 11.1. The van der Waals surface area contributed by atoms with Crippen LogP contribution in [-0.4, -0.2) is 11.8 Å². The molecule has 0 atom stereocenters. The topological polar surface area (TPSA) is 46.2 Å². The van der Waals surface area contributed by atoms with Gasteiger partial charge in [-0.25, -0.2) is 0 Å². The molecule has 3 nitrogen and oxygen atoms in total. The second-order valence-corrected chi connectivity index (χ2v) is 4.22. The van der Waals surface area contributed by atoms with E-state index in [4.69, 9.17) is 0 Å². The number of carbonyl (C=O) groups is 2. The highest BCUT2D eigenvalue weighted by Gasteiger charge is 2.02. The van der Waals surface area contributed by atoms with Crippen molar-refractivity contribution in [2.45, 2.75) is 32.6 Å². The Morgan fingerprint density at radius 3 is 2.80 bits per heavy atom. The van der Waals surface area contributed by atoms with Crippen molar-refractivity contribution in [3.8, 4) is 0 Å². The molecule has 0 aliphatic heterocycles. The lowest BCUT2D eigenvalue weighted by Gasteiger charge is -2.00. The molecule has 15 heavy (non-hydrogen) atoms. The molecule has 1 rings (SSSR count). The standard InChI is InChI=1S/C11H15NO2S/c1-9(13)12-11(14)5-3-2-4-10-6-7-15-8-10/h6-8H,2-5H2,1H3,(H,12,13,14). The number of unbranched alkanes of at least 4 members (excludes halogenated alkanes) is 1. The van der Waals surface area contributed by atoms with Gasteiger partial charge in [0.15, 0.2) is 0 Å². The fourth-order valence-electron chi connectivity index (χ4n) is 1.31. The van der Waals surface area contributed by atoms with E-state index in [1.54, 1.807) is 11.3 Å². The first-order valence-corrected chi connectivity index (χ1v) is 5.94. The minimum absolute atomic E-state index is 0.173. The van der Waals surface area contributed by atoms with Gasteiger partial charge in [-0.3, -0.25) is 14.9 Å². The number of hydrogen-bond acceptors (Lipinski definition) is 3. The van der Waals surface area contributed by atoms with Crippen LogP contribution in [0.25, 0.3) is 0 Å². The Morgan fingerprint density at radius 2 is 2.20 bits per heavy atom. The third-order valence-corrected chi connectivity index (χ3v) is 2.75. The van der Waals surface area contributed by atoms with Gasteiger partial charge in [-0.15, -0.1) is 0 Å². The fraction of sp³-hybridized carbons (Fsp3) is 0.455. The Kier molecular flexibility index (Phi) is 5.04. The van der Waals surface area contributed by atoms with Gasteiger partial charge in [0.1, 0.15) is 0 Å². The minimum atomic E-state index is -0.280. The summed E-state index contributed by atoms with van der Waals surface area (Å²) in [6.45, 7) is 1.35. The average Bonchev–Trinajstić information content (AvgIpc) is 2.63. The highest BCUT2D eigenvalue weighted by atomic mass is 32.1. The number of thiophene rings is 1. The van der Waals surface area contributed by atoms with Gasteiger partial charge < -0.3 is 0 Å². The quantitative estimate of drug-likeness (QED) is 0.780. The molecule has 0 aliphatic carbocycles. The molecule has 4 heteroatoms. The molecule has 0 radical (unpaired) electrons. The van der Waals surface area contributed by atoms with E-state index in [0.29, 0.717) is 6.42 Å². The van der Waals surface area contributed by atoms with Crippen LogP contribution in [0.4, 0.5) is 0 Å². The van der Waals surface area contributed by atoms with E-state index < -0.39 is 0 Å². The van der Waals surface area contributed by atoms with Crippen molar-refractivity contribution in [1.29, 1.82) is 0 Å². The second kappa shape index (κ2) is 6.35. The summed E-state index contributed by atoms with van der Waals surface area (Å²) in [7, 11) is 0. The molecule has 1 aromatic heterocycles. The van der Waals surface area contributed by atoms with Crippen molar-refractivity contribution in [1.82, 2.24) is 5.32 Å². The zero-order valence-corrected chi connectivity index (χ0v) is 9.60. The maximum atomic E-state index is 11.1. The Labute approximate surface area is 93.5 Å². The molecule has 0 saturated carbocycles. The van der Waals surface area contributed by atoms with Gasteiger partial charge in [0.25, 0.3) is 0 Å². The first-order chi connectivity index (χ1) is 7.18. The molecular weight excluding hydrogens is 210 g/mol. The van der Waals surface area contributed by atoms with Crippen LogP contribution in [0.15, 0.2) is 16.8 Å². The zero-order chi connectivity index (χ0) is 11.1. The molecule has 0 unspecified atom stereocenters. The molecule has 1 heterocycles. The molecular formula is C11H15NO2S. The monoisotopic (exact) mass is 225 g/mol. The minimum Gasteiger partial charge on any atom is -0.297 e. The summed E-state index contributed by atoms with van der Waals surface area (Å²) in [6.07, 6.45) is 3.26. The Bertz CT molecular complexity index is 319. The third-order valence-electron chi connectivity index (χ3n) is 2.01. The molecule has 1 aromatic rings. The van der Waals surface area contributed by atoms with Gasteiger partial charge in [0, 0.05) is 13.3 Å². The molecule has 2 amide bonds. The first kappa shape index (κ1) is 11.9. The lowest BCUT2D eigenvalue weighted by atomic mass is 10.1. The number of aryl methyl sites for hydroxylation is 1. The lowest BCUT2D eigenvalue weighted by molar-refractivity contribution is -0.129. The maximum Gasteiger partial charge on any atom is 0.226 e. The van der Waals surface area contributed by atoms with Crippen molar-refractivity contribution in [3.05, 3.63) is 22.4 Å². The van der Waals surface area contributed by atoms with E-state index in [1.807, 2.05) is 0 Å². The third kappa shape index (κ3) is 5.32. The Hall–Kier alpha value is -1.16. The van der Waals surface area contributed by atoms with Gasteiger partial charge in [-0.2, -0.15) is 11.3 Å². The number of carbonyl (C=O) groups excluding carboxylic acids is 2. The molecule has 0 fully saturated rings. The average molecular weight is 225 g/mol. The summed E-state index contributed by atoms with van der Waals surface area (Å²) in [4.78, 5) is 21.6. The van der Waals surface area contributed by atoms with E-state index in [2.05, 4.69) is 22.1 Å². The van der Waals surface area contributed by atoms with Crippen LogP contribution >= 0.6 is 11.3 Å². The van der Waals surface area contributed by atoms with E-state index in [1.165, 1.54) is 12.5 Å². The molecule has 0 aromatic carbocycles. The van der Waals surface area contributed by atoms with Crippen LogP contribution in [0, 0.1) is 0 Å². The van der Waals surface area contributed by atoms with Crippen LogP contribution in [0.5, 0.6) is 0 Å². The molecule has 0 bridgehead atoms. The van der Waals surface area contributed by atoms with Crippen LogP contribution in [0.3, 0.4) is 0 Å². The van der Waals surface area contributed by atoms with E-state index in [0.717, 1.165) is 19.3 Å². The lowest BCUT2D eigenvalue weighted by Crippen LogP contribution is -2.27. The van der Waals surface area contributed by atoms with Gasteiger partial charge in [0.2, 0.25) is 11.8 Å². The van der Waals surface area contributed by atoms with E-state index >= 15 is 0 Å². The Morgan fingerprint density at radius 1 is 1.40 bits per heavy atom. The Balaban J connectivity index is 2.06. The van der Waals surface area contributed by atoms with Crippen LogP contribution in [0.1, 0.15) is 31.7 Å². The summed E-state index contributed by atoms with van der Waals surface area (Å²) in [5.41, 5.74) is 1.33. The molecule has 0 aliphatic rings. The van der Waals surface area contributed by atoms with E-state index in [9.17, 15) is 9.59 Å². The number of imide groups is 1. The van der Waals surface area contributed by atoms with Gasteiger partial charge >= 0.3 is 0 Å². The molecule has 0 saturated heterocycles. The number of hydrogen-bond donors (Lipinski definition) is 1. The van der Waals surface area contributed by atoms with Gasteiger partial charge in [-0.05, 0) is 41.7 Å². The highest BCUT2D eigenvalue weighted by Crippen LogP contribution is 2.10. The fourth-order valence-corrected chi connectivity index (χ4v) is 2.01. The predicted octanol–water partition coefficient (Wildman–Crippen LogP) is 2.12. The van der Waals surface area contributed by atoms with Crippen molar-refractivity contribution in [3.63, 3.8) is 0 Å². The smallest absolute Gasteiger partial charge is 0.226 e. The molecule has 0 spiro atoms. The van der Waals surface area contributed by atoms with Crippen molar-refractivity contribution in [2.24, 2.45) is 0 Å². The summed E-state index contributed by atoms with van der Waals surface area (Å²) in [5, 5.41) is 6.43. The zero-order valence-electron chi connectivity index (χ0n) is 8.79.